The highest BCUT2D eigenvalue weighted by atomic mass is 35.5. The Labute approximate surface area is 70.0 Å². The molecule has 0 heterocycles. The summed E-state index contributed by atoms with van der Waals surface area (Å²) in [5.74, 6) is 0.553. The molecule has 0 fully saturated rings. The molecule has 0 saturated heterocycles. The summed E-state index contributed by atoms with van der Waals surface area (Å²) in [6, 6.07) is 5.09. The number of halogens is 1. The van der Waals surface area contributed by atoms with E-state index in [1.165, 1.54) is 0 Å². The van der Waals surface area contributed by atoms with E-state index in [4.69, 9.17) is 16.9 Å². The molecule has 0 unspecified atom stereocenters. The van der Waals surface area contributed by atoms with Gasteiger partial charge in [-0.2, -0.15) is 0 Å². The molecule has 0 N–H and O–H groups in total. The fourth-order valence-electron chi connectivity index (χ4n) is 0.777. The lowest BCUT2D eigenvalue weighted by molar-refractivity contribution is 0.503. The topological polar surface area (TPSA) is 33.0 Å². The van der Waals surface area contributed by atoms with Crippen LogP contribution in [0.2, 0.25) is 5.02 Å². The first-order chi connectivity index (χ1) is 5.24. The zero-order valence-corrected chi connectivity index (χ0v) is 6.72. The summed E-state index contributed by atoms with van der Waals surface area (Å²) in [5.41, 5.74) is 0.860. The molecule has 0 radical (unpaired) electrons. The van der Waals surface area contributed by atoms with Crippen LogP contribution >= 0.6 is 11.6 Å². The molecular formula is C8H6ClNO. The van der Waals surface area contributed by atoms with E-state index in [1.807, 2.05) is 6.92 Å². The Kier molecular flexibility index (Phi) is 2.35. The summed E-state index contributed by atoms with van der Waals surface area (Å²) in [6.07, 6.45) is 1.60. The van der Waals surface area contributed by atoms with Crippen LogP contribution in [0.25, 0.3) is 0 Å². The van der Waals surface area contributed by atoms with Crippen molar-refractivity contribution < 1.29 is 4.74 Å². The van der Waals surface area contributed by atoms with E-state index < -0.39 is 0 Å². The van der Waals surface area contributed by atoms with Crippen molar-refractivity contribution in [2.45, 2.75) is 6.92 Å². The minimum atomic E-state index is 0.553. The van der Waals surface area contributed by atoms with Crippen LogP contribution in [-0.4, -0.2) is 0 Å². The van der Waals surface area contributed by atoms with E-state index in [0.717, 1.165) is 5.56 Å². The SMILES string of the molecule is Cc1cc(Cl)ccc1OC#N. The zero-order valence-electron chi connectivity index (χ0n) is 5.97. The minimum Gasteiger partial charge on any atom is -0.388 e. The van der Waals surface area contributed by atoms with Crippen molar-refractivity contribution in [1.82, 2.24) is 0 Å². The van der Waals surface area contributed by atoms with Gasteiger partial charge in [-0.1, -0.05) is 11.6 Å². The summed E-state index contributed by atoms with van der Waals surface area (Å²) < 4.78 is 4.64. The van der Waals surface area contributed by atoms with E-state index in [9.17, 15) is 0 Å². The molecule has 1 aromatic carbocycles. The van der Waals surface area contributed by atoms with Crippen molar-refractivity contribution in [3.8, 4) is 12.0 Å². The molecule has 0 aliphatic rings. The number of hydrogen-bond acceptors (Lipinski definition) is 2. The van der Waals surface area contributed by atoms with Crippen molar-refractivity contribution >= 4 is 11.6 Å². The van der Waals surface area contributed by atoms with E-state index in [2.05, 4.69) is 4.74 Å². The third-order valence-corrected chi connectivity index (χ3v) is 1.53. The molecule has 0 amide bonds. The van der Waals surface area contributed by atoms with Gasteiger partial charge in [0, 0.05) is 5.02 Å². The van der Waals surface area contributed by atoms with Gasteiger partial charge in [0.1, 0.15) is 5.75 Å². The van der Waals surface area contributed by atoms with Crippen LogP contribution < -0.4 is 4.74 Å². The lowest BCUT2D eigenvalue weighted by atomic mass is 10.2. The summed E-state index contributed by atoms with van der Waals surface area (Å²) in [5, 5.41) is 8.85. The molecule has 0 aliphatic carbocycles. The predicted molar refractivity (Wildman–Crippen MR) is 42.4 cm³/mol. The molecule has 0 saturated carbocycles. The van der Waals surface area contributed by atoms with Crippen molar-refractivity contribution in [2.24, 2.45) is 0 Å². The average Bonchev–Trinajstić information content (AvgIpc) is 1.95. The minimum absolute atomic E-state index is 0.553. The van der Waals surface area contributed by atoms with E-state index >= 15 is 0 Å². The second kappa shape index (κ2) is 3.27. The van der Waals surface area contributed by atoms with Crippen molar-refractivity contribution in [2.75, 3.05) is 0 Å². The van der Waals surface area contributed by atoms with Crippen molar-refractivity contribution in [3.63, 3.8) is 0 Å². The first-order valence-electron chi connectivity index (χ1n) is 3.06. The van der Waals surface area contributed by atoms with E-state index in [0.29, 0.717) is 10.8 Å². The molecule has 56 valence electrons. The summed E-state index contributed by atoms with van der Waals surface area (Å²) in [4.78, 5) is 0. The van der Waals surface area contributed by atoms with Gasteiger partial charge in [-0.05, 0) is 30.7 Å². The molecule has 0 atom stereocenters. The second-order valence-electron chi connectivity index (χ2n) is 2.10. The van der Waals surface area contributed by atoms with Crippen LogP contribution in [0.15, 0.2) is 18.2 Å². The molecule has 0 spiro atoms. The predicted octanol–water partition coefficient (Wildman–Crippen LogP) is 2.51. The van der Waals surface area contributed by atoms with Gasteiger partial charge in [0.25, 0.3) is 6.26 Å². The van der Waals surface area contributed by atoms with E-state index in [-0.39, 0.29) is 0 Å². The Morgan fingerprint density at radius 1 is 1.55 bits per heavy atom. The third kappa shape index (κ3) is 1.86. The highest BCUT2D eigenvalue weighted by molar-refractivity contribution is 6.30. The van der Waals surface area contributed by atoms with Gasteiger partial charge in [-0.15, -0.1) is 5.26 Å². The molecule has 0 bridgehead atoms. The number of hydrogen-bond donors (Lipinski definition) is 0. The summed E-state index contributed by atoms with van der Waals surface area (Å²) >= 11 is 5.68. The zero-order chi connectivity index (χ0) is 8.27. The van der Waals surface area contributed by atoms with Gasteiger partial charge in [0.15, 0.2) is 0 Å². The molecule has 1 rings (SSSR count). The second-order valence-corrected chi connectivity index (χ2v) is 2.54. The average molecular weight is 168 g/mol. The monoisotopic (exact) mass is 167 g/mol. The van der Waals surface area contributed by atoms with Crippen LogP contribution in [0.3, 0.4) is 0 Å². The number of benzene rings is 1. The Morgan fingerprint density at radius 3 is 2.82 bits per heavy atom. The Morgan fingerprint density at radius 2 is 2.27 bits per heavy atom. The molecule has 2 nitrogen and oxygen atoms in total. The third-order valence-electron chi connectivity index (χ3n) is 1.29. The van der Waals surface area contributed by atoms with Gasteiger partial charge in [-0.25, -0.2) is 0 Å². The van der Waals surface area contributed by atoms with Gasteiger partial charge < -0.3 is 4.74 Å². The van der Waals surface area contributed by atoms with Gasteiger partial charge >= 0.3 is 0 Å². The van der Waals surface area contributed by atoms with Crippen LogP contribution in [-0.2, 0) is 0 Å². The molecule has 1 aromatic rings. The number of aryl methyl sites for hydroxylation is 1. The van der Waals surface area contributed by atoms with Crippen molar-refractivity contribution in [1.29, 1.82) is 5.26 Å². The number of rotatable bonds is 1. The summed E-state index contributed by atoms with van der Waals surface area (Å²) in [7, 11) is 0. The maximum absolute atomic E-state index is 8.21. The lowest BCUT2D eigenvalue weighted by Crippen LogP contribution is -1.84. The highest BCUT2D eigenvalue weighted by Gasteiger charge is 1.98. The number of ether oxygens (including phenoxy) is 1. The van der Waals surface area contributed by atoms with Crippen molar-refractivity contribution in [3.05, 3.63) is 28.8 Å². The lowest BCUT2D eigenvalue weighted by Gasteiger charge is -1.99. The summed E-state index contributed by atoms with van der Waals surface area (Å²) in [6.45, 7) is 1.83. The smallest absolute Gasteiger partial charge is 0.292 e. The number of nitriles is 1. The fraction of sp³-hybridized carbons (Fsp3) is 0.125. The Bertz CT molecular complexity index is 303. The molecule has 0 aromatic heterocycles. The fourth-order valence-corrected chi connectivity index (χ4v) is 1.00. The Hall–Kier alpha value is -1.20. The molecule has 11 heavy (non-hydrogen) atoms. The van der Waals surface area contributed by atoms with Crippen LogP contribution in [0, 0.1) is 18.4 Å². The maximum atomic E-state index is 8.21. The normalized spacial score (nSPS) is 8.82. The largest absolute Gasteiger partial charge is 0.388 e. The maximum Gasteiger partial charge on any atom is 0.292 e. The highest BCUT2D eigenvalue weighted by Crippen LogP contribution is 2.21. The Balaban J connectivity index is 3.01. The molecular weight excluding hydrogens is 162 g/mol. The quantitative estimate of drug-likeness (QED) is 0.602. The van der Waals surface area contributed by atoms with Crippen LogP contribution in [0.1, 0.15) is 5.56 Å². The molecule has 3 heteroatoms. The van der Waals surface area contributed by atoms with Gasteiger partial charge in [-0.3, -0.25) is 0 Å². The first-order valence-corrected chi connectivity index (χ1v) is 3.44. The van der Waals surface area contributed by atoms with Gasteiger partial charge in [0.05, 0.1) is 0 Å². The van der Waals surface area contributed by atoms with Crippen LogP contribution in [0.4, 0.5) is 0 Å². The number of nitrogens with zero attached hydrogens (tertiary/aromatic N) is 1. The first kappa shape index (κ1) is 7.90. The van der Waals surface area contributed by atoms with Gasteiger partial charge in [0.2, 0.25) is 0 Å². The van der Waals surface area contributed by atoms with E-state index in [1.54, 1.807) is 24.5 Å². The molecule has 0 aliphatic heterocycles. The standard InChI is InChI=1S/C8H6ClNO/c1-6-4-7(9)2-3-8(6)11-5-10/h2-4H,1H3. The van der Waals surface area contributed by atoms with Crippen LogP contribution in [0.5, 0.6) is 5.75 Å².